The van der Waals surface area contributed by atoms with Gasteiger partial charge in [0, 0.05) is 29.8 Å². The largest absolute Gasteiger partial charge is 0.351 e. The summed E-state index contributed by atoms with van der Waals surface area (Å²) in [4.78, 5) is 27.4. The number of anilines is 1. The number of halogens is 1. The molecular weight excluding hydrogens is 442 g/mol. The molecule has 4 rings (SSSR count). The zero-order valence-electron chi connectivity index (χ0n) is 17.1. The van der Waals surface area contributed by atoms with Crippen LogP contribution in [-0.4, -0.2) is 29.9 Å². The third-order valence-corrected chi connectivity index (χ3v) is 6.84. The van der Waals surface area contributed by atoms with Gasteiger partial charge in [0.25, 0.3) is 0 Å². The minimum atomic E-state index is -0.442. The lowest BCUT2D eigenvalue weighted by molar-refractivity contribution is -0.126. The average Bonchev–Trinajstić information content (AvgIpc) is 3.46. The summed E-state index contributed by atoms with van der Waals surface area (Å²) in [5, 5.41) is 6.13. The summed E-state index contributed by atoms with van der Waals surface area (Å²) >= 11 is 3.48. The van der Waals surface area contributed by atoms with E-state index in [2.05, 4.69) is 38.7 Å². The number of hydrogen-bond acceptors (Lipinski definition) is 2. The van der Waals surface area contributed by atoms with Crippen molar-refractivity contribution < 1.29 is 9.59 Å². The molecule has 2 N–H and O–H groups in total. The lowest BCUT2D eigenvalue weighted by Crippen LogP contribution is -2.42. The molecule has 0 radical (unpaired) electrons. The Morgan fingerprint density at radius 1 is 0.967 bits per heavy atom. The van der Waals surface area contributed by atoms with Crippen molar-refractivity contribution in [3.8, 4) is 0 Å². The van der Waals surface area contributed by atoms with Gasteiger partial charge >= 0.3 is 6.03 Å². The van der Waals surface area contributed by atoms with Gasteiger partial charge in [-0.05, 0) is 61.1 Å². The van der Waals surface area contributed by atoms with E-state index in [9.17, 15) is 9.59 Å². The summed E-state index contributed by atoms with van der Waals surface area (Å²) in [6, 6.07) is 15.8. The van der Waals surface area contributed by atoms with Gasteiger partial charge in [-0.3, -0.25) is 4.79 Å². The van der Waals surface area contributed by atoms with Crippen LogP contribution in [0.25, 0.3) is 0 Å². The zero-order valence-corrected chi connectivity index (χ0v) is 18.7. The maximum absolute atomic E-state index is 13.3. The van der Waals surface area contributed by atoms with Crippen LogP contribution in [0.3, 0.4) is 0 Å². The summed E-state index contributed by atoms with van der Waals surface area (Å²) in [6.07, 6.45) is 6.04. The lowest BCUT2D eigenvalue weighted by atomic mass is 9.78. The predicted octanol–water partition coefficient (Wildman–Crippen LogP) is 5.21. The van der Waals surface area contributed by atoms with E-state index in [1.165, 1.54) is 0 Å². The molecule has 1 heterocycles. The number of rotatable bonds is 5. The van der Waals surface area contributed by atoms with Crippen LogP contribution in [0, 0.1) is 0 Å². The number of nitrogens with zero attached hydrogens (tertiary/aromatic N) is 1. The van der Waals surface area contributed by atoms with Crippen LogP contribution in [-0.2, 0) is 16.8 Å². The monoisotopic (exact) mass is 469 g/mol. The van der Waals surface area contributed by atoms with E-state index in [0.717, 1.165) is 72.9 Å². The van der Waals surface area contributed by atoms with E-state index in [1.54, 1.807) is 0 Å². The Hall–Kier alpha value is -2.34. The highest BCUT2D eigenvalue weighted by atomic mass is 79.9. The molecule has 2 aromatic rings. The Balaban J connectivity index is 1.41. The molecule has 30 heavy (non-hydrogen) atoms. The van der Waals surface area contributed by atoms with Crippen molar-refractivity contribution >= 4 is 33.6 Å². The molecule has 1 aliphatic carbocycles. The van der Waals surface area contributed by atoms with Gasteiger partial charge in [-0.25, -0.2) is 4.79 Å². The van der Waals surface area contributed by atoms with Gasteiger partial charge < -0.3 is 15.5 Å². The quantitative estimate of drug-likeness (QED) is 0.631. The van der Waals surface area contributed by atoms with Crippen LogP contribution in [0.15, 0.2) is 53.0 Å². The number of amides is 3. The number of hydrogen-bond donors (Lipinski definition) is 2. The van der Waals surface area contributed by atoms with Crippen LogP contribution in [0.2, 0.25) is 0 Å². The Labute approximate surface area is 186 Å². The Morgan fingerprint density at radius 2 is 1.67 bits per heavy atom. The number of nitrogens with one attached hydrogen (secondary N) is 2. The van der Waals surface area contributed by atoms with Gasteiger partial charge in [-0.15, -0.1) is 0 Å². The van der Waals surface area contributed by atoms with Crippen LogP contribution < -0.4 is 10.6 Å². The van der Waals surface area contributed by atoms with Crippen molar-refractivity contribution in [2.24, 2.45) is 0 Å². The first kappa shape index (κ1) is 20.9. The fraction of sp³-hybridized carbons (Fsp3) is 0.417. The highest BCUT2D eigenvalue weighted by molar-refractivity contribution is 9.10. The minimum Gasteiger partial charge on any atom is -0.351 e. The van der Waals surface area contributed by atoms with E-state index in [-0.39, 0.29) is 11.9 Å². The first-order valence-corrected chi connectivity index (χ1v) is 11.6. The maximum Gasteiger partial charge on any atom is 0.321 e. The lowest BCUT2D eigenvalue weighted by Gasteiger charge is -2.28. The molecular formula is C24H28BrN3O2. The summed E-state index contributed by atoms with van der Waals surface area (Å²) in [7, 11) is 0. The smallest absolute Gasteiger partial charge is 0.321 e. The normalized spacial score (nSPS) is 17.7. The summed E-state index contributed by atoms with van der Waals surface area (Å²) in [5.41, 5.74) is 2.39. The third kappa shape index (κ3) is 4.53. The zero-order chi connectivity index (χ0) is 21.0. The van der Waals surface area contributed by atoms with Crippen molar-refractivity contribution in [3.05, 3.63) is 64.1 Å². The third-order valence-electron chi connectivity index (χ3n) is 6.31. The molecule has 5 nitrogen and oxygen atoms in total. The topological polar surface area (TPSA) is 61.4 Å². The highest BCUT2D eigenvalue weighted by Crippen LogP contribution is 2.41. The van der Waals surface area contributed by atoms with E-state index >= 15 is 0 Å². The predicted molar refractivity (Wildman–Crippen MR) is 122 cm³/mol. The first-order chi connectivity index (χ1) is 14.6. The summed E-state index contributed by atoms with van der Waals surface area (Å²) in [6.45, 7) is 2.09. The summed E-state index contributed by atoms with van der Waals surface area (Å²) < 4.78 is 1.02. The molecule has 2 aromatic carbocycles. The standard InChI is InChI=1S/C24H28BrN3O2/c25-20-10-8-19(9-11-20)24(12-1-2-13-24)22(29)26-17-18-6-5-7-21(16-18)27-23(30)28-14-3-4-15-28/h5-11,16H,1-4,12-15,17H2,(H,26,29)(H,27,30). The van der Waals surface area contributed by atoms with Gasteiger partial charge in [-0.2, -0.15) is 0 Å². The van der Waals surface area contributed by atoms with Gasteiger partial charge in [0.1, 0.15) is 0 Å². The molecule has 0 atom stereocenters. The van der Waals surface area contributed by atoms with Gasteiger partial charge in [0.05, 0.1) is 5.41 Å². The fourth-order valence-corrected chi connectivity index (χ4v) is 4.89. The second kappa shape index (κ2) is 9.21. The van der Waals surface area contributed by atoms with Crippen LogP contribution in [0.5, 0.6) is 0 Å². The molecule has 158 valence electrons. The van der Waals surface area contributed by atoms with Gasteiger partial charge in [0.15, 0.2) is 0 Å². The SMILES string of the molecule is O=C(Nc1cccc(CNC(=O)C2(c3ccc(Br)cc3)CCCC2)c1)N1CCCC1. The van der Waals surface area contributed by atoms with Crippen LogP contribution >= 0.6 is 15.9 Å². The van der Waals surface area contributed by atoms with Crippen LogP contribution in [0.4, 0.5) is 10.5 Å². The van der Waals surface area contributed by atoms with Crippen molar-refractivity contribution in [1.82, 2.24) is 10.2 Å². The molecule has 6 heteroatoms. The molecule has 0 aromatic heterocycles. The first-order valence-electron chi connectivity index (χ1n) is 10.8. The van der Waals surface area contributed by atoms with E-state index < -0.39 is 5.41 Å². The number of likely N-dealkylation sites (tertiary alicyclic amines) is 1. The number of benzene rings is 2. The van der Waals surface area contributed by atoms with E-state index in [0.29, 0.717) is 6.54 Å². The second-order valence-corrected chi connectivity index (χ2v) is 9.22. The average molecular weight is 470 g/mol. The number of carbonyl (C=O) groups excluding carboxylic acids is 2. The van der Waals surface area contributed by atoms with Gasteiger partial charge in [-0.1, -0.05) is 53.0 Å². The maximum atomic E-state index is 13.3. The van der Waals surface area contributed by atoms with E-state index in [1.807, 2.05) is 41.3 Å². The molecule has 2 fully saturated rings. The molecule has 1 saturated carbocycles. The van der Waals surface area contributed by atoms with Crippen LogP contribution in [0.1, 0.15) is 49.7 Å². The van der Waals surface area contributed by atoms with Crippen molar-refractivity contribution in [2.75, 3.05) is 18.4 Å². The molecule has 0 bridgehead atoms. The summed E-state index contributed by atoms with van der Waals surface area (Å²) in [5.74, 6) is 0.0915. The Kier molecular flexibility index (Phi) is 6.42. The molecule has 1 aliphatic heterocycles. The fourth-order valence-electron chi connectivity index (χ4n) is 4.63. The molecule has 1 saturated heterocycles. The molecule has 0 spiro atoms. The Bertz CT molecular complexity index is 901. The number of urea groups is 1. The van der Waals surface area contributed by atoms with E-state index in [4.69, 9.17) is 0 Å². The number of carbonyl (C=O) groups is 2. The second-order valence-electron chi connectivity index (χ2n) is 8.30. The molecule has 0 unspecified atom stereocenters. The van der Waals surface area contributed by atoms with Crippen molar-refractivity contribution in [3.63, 3.8) is 0 Å². The molecule has 3 amide bonds. The minimum absolute atomic E-state index is 0.0474. The van der Waals surface area contributed by atoms with Gasteiger partial charge in [0.2, 0.25) is 5.91 Å². The molecule has 2 aliphatic rings. The van der Waals surface area contributed by atoms with Crippen molar-refractivity contribution in [1.29, 1.82) is 0 Å². The Morgan fingerprint density at radius 3 is 2.37 bits per heavy atom. The highest BCUT2D eigenvalue weighted by Gasteiger charge is 2.42. The van der Waals surface area contributed by atoms with Crippen molar-refractivity contribution in [2.45, 2.75) is 50.5 Å².